The summed E-state index contributed by atoms with van der Waals surface area (Å²) in [5.74, 6) is 0.0378. The number of thiophene rings is 1. The summed E-state index contributed by atoms with van der Waals surface area (Å²) in [5.41, 5.74) is 1.95. The van der Waals surface area contributed by atoms with Gasteiger partial charge in [-0.05, 0) is 34.5 Å². The van der Waals surface area contributed by atoms with E-state index in [0.717, 1.165) is 32.7 Å². The number of carbonyl (C=O) groups is 1. The number of amides is 1. The van der Waals surface area contributed by atoms with E-state index in [2.05, 4.69) is 21.7 Å². The summed E-state index contributed by atoms with van der Waals surface area (Å²) in [6.45, 7) is 4.30. The highest BCUT2D eigenvalue weighted by Crippen LogP contribution is 2.18. The van der Waals surface area contributed by atoms with Gasteiger partial charge in [-0.15, -0.1) is 0 Å². The van der Waals surface area contributed by atoms with Gasteiger partial charge in [0.15, 0.2) is 0 Å². The van der Waals surface area contributed by atoms with Crippen molar-refractivity contribution in [2.45, 2.75) is 6.54 Å². The molecule has 1 fully saturated rings. The monoisotopic (exact) mass is 320 g/mol. The first-order valence-corrected chi connectivity index (χ1v) is 8.33. The molecule has 5 heteroatoms. The van der Waals surface area contributed by atoms with Crippen LogP contribution in [-0.4, -0.2) is 41.9 Å². The molecule has 1 aromatic heterocycles. The molecular formula is C16H17ClN2OS. The van der Waals surface area contributed by atoms with E-state index in [1.807, 2.05) is 17.0 Å². The van der Waals surface area contributed by atoms with E-state index < -0.39 is 0 Å². The van der Waals surface area contributed by atoms with Gasteiger partial charge < -0.3 is 4.90 Å². The molecule has 0 radical (unpaired) electrons. The number of hydrogen-bond donors (Lipinski definition) is 0. The van der Waals surface area contributed by atoms with Gasteiger partial charge in [0.1, 0.15) is 0 Å². The van der Waals surface area contributed by atoms with Crippen molar-refractivity contribution < 1.29 is 4.79 Å². The number of rotatable bonds is 3. The molecule has 1 aromatic carbocycles. The Morgan fingerprint density at radius 1 is 1.14 bits per heavy atom. The van der Waals surface area contributed by atoms with Gasteiger partial charge in [0.05, 0.1) is 10.6 Å². The summed E-state index contributed by atoms with van der Waals surface area (Å²) < 4.78 is 0. The lowest BCUT2D eigenvalue weighted by atomic mass is 10.1. The highest BCUT2D eigenvalue weighted by Gasteiger charge is 2.23. The van der Waals surface area contributed by atoms with Crippen LogP contribution in [0, 0.1) is 0 Å². The zero-order chi connectivity index (χ0) is 14.7. The van der Waals surface area contributed by atoms with Crippen molar-refractivity contribution in [3.8, 4) is 0 Å². The summed E-state index contributed by atoms with van der Waals surface area (Å²) in [6, 6.07) is 9.42. The van der Waals surface area contributed by atoms with Crippen LogP contribution >= 0.6 is 22.9 Å². The second-order valence-corrected chi connectivity index (χ2v) is 6.37. The number of nitrogens with zero attached hydrogens (tertiary/aromatic N) is 2. The van der Waals surface area contributed by atoms with E-state index in [1.54, 1.807) is 23.5 Å². The van der Waals surface area contributed by atoms with Gasteiger partial charge in [0.2, 0.25) is 0 Å². The van der Waals surface area contributed by atoms with Gasteiger partial charge in [-0.3, -0.25) is 9.69 Å². The summed E-state index contributed by atoms with van der Waals surface area (Å²) in [4.78, 5) is 16.8. The lowest BCUT2D eigenvalue weighted by Crippen LogP contribution is -2.48. The standard InChI is InChI=1S/C16H17ClN2OS/c17-15-4-2-1-3-14(15)16(20)19-8-6-18(7-9-19)11-13-5-10-21-12-13/h1-5,10,12H,6-9,11H2. The molecule has 0 aliphatic carbocycles. The van der Waals surface area contributed by atoms with E-state index in [9.17, 15) is 4.79 Å². The molecule has 0 saturated carbocycles. The molecule has 1 amide bonds. The Morgan fingerprint density at radius 3 is 2.57 bits per heavy atom. The predicted octanol–water partition coefficient (Wildman–Crippen LogP) is 3.36. The van der Waals surface area contributed by atoms with Crippen molar-refractivity contribution in [1.29, 1.82) is 0 Å². The second-order valence-electron chi connectivity index (χ2n) is 5.18. The molecular weight excluding hydrogens is 304 g/mol. The maximum absolute atomic E-state index is 12.5. The summed E-state index contributed by atoms with van der Waals surface area (Å²) >= 11 is 7.83. The van der Waals surface area contributed by atoms with Crippen LogP contribution in [-0.2, 0) is 6.54 Å². The fourth-order valence-electron chi connectivity index (χ4n) is 2.55. The van der Waals surface area contributed by atoms with Crippen LogP contribution in [0.15, 0.2) is 41.1 Å². The molecule has 1 aliphatic rings. The first kappa shape index (κ1) is 14.6. The topological polar surface area (TPSA) is 23.6 Å². The molecule has 110 valence electrons. The zero-order valence-electron chi connectivity index (χ0n) is 11.7. The highest BCUT2D eigenvalue weighted by molar-refractivity contribution is 7.07. The van der Waals surface area contributed by atoms with Crippen LogP contribution < -0.4 is 0 Å². The molecule has 21 heavy (non-hydrogen) atoms. The Kier molecular flexibility index (Phi) is 4.58. The summed E-state index contributed by atoms with van der Waals surface area (Å²) in [6.07, 6.45) is 0. The van der Waals surface area contributed by atoms with Crippen LogP contribution in [0.25, 0.3) is 0 Å². The maximum atomic E-state index is 12.5. The lowest BCUT2D eigenvalue weighted by molar-refractivity contribution is 0.0629. The van der Waals surface area contributed by atoms with Crippen molar-refractivity contribution in [3.05, 3.63) is 57.2 Å². The smallest absolute Gasteiger partial charge is 0.255 e. The van der Waals surface area contributed by atoms with E-state index in [1.165, 1.54) is 5.56 Å². The second kappa shape index (κ2) is 6.60. The van der Waals surface area contributed by atoms with Crippen molar-refractivity contribution >= 4 is 28.8 Å². The van der Waals surface area contributed by atoms with Gasteiger partial charge in [0, 0.05) is 32.7 Å². The van der Waals surface area contributed by atoms with Crippen molar-refractivity contribution in [2.75, 3.05) is 26.2 Å². The van der Waals surface area contributed by atoms with Gasteiger partial charge >= 0.3 is 0 Å². The summed E-state index contributed by atoms with van der Waals surface area (Å²) in [5, 5.41) is 4.82. The van der Waals surface area contributed by atoms with Crippen LogP contribution in [0.4, 0.5) is 0 Å². The van der Waals surface area contributed by atoms with Crippen LogP contribution in [0.1, 0.15) is 15.9 Å². The molecule has 3 nitrogen and oxygen atoms in total. The first-order chi connectivity index (χ1) is 10.2. The van der Waals surface area contributed by atoms with E-state index in [4.69, 9.17) is 11.6 Å². The number of benzene rings is 1. The van der Waals surface area contributed by atoms with Gasteiger partial charge in [-0.25, -0.2) is 0 Å². The van der Waals surface area contributed by atoms with E-state index in [0.29, 0.717) is 10.6 Å². The number of carbonyl (C=O) groups excluding carboxylic acids is 1. The molecule has 2 aromatic rings. The van der Waals surface area contributed by atoms with Crippen LogP contribution in [0.3, 0.4) is 0 Å². The fraction of sp³-hybridized carbons (Fsp3) is 0.312. The van der Waals surface area contributed by atoms with Crippen LogP contribution in [0.2, 0.25) is 5.02 Å². The number of piperazine rings is 1. The quantitative estimate of drug-likeness (QED) is 0.865. The Bertz CT molecular complexity index is 606. The average molecular weight is 321 g/mol. The Hall–Kier alpha value is -1.36. The van der Waals surface area contributed by atoms with Crippen molar-refractivity contribution in [3.63, 3.8) is 0 Å². The Morgan fingerprint density at radius 2 is 1.90 bits per heavy atom. The van der Waals surface area contributed by atoms with E-state index in [-0.39, 0.29) is 5.91 Å². The minimum Gasteiger partial charge on any atom is -0.336 e. The fourth-order valence-corrected chi connectivity index (χ4v) is 3.43. The normalized spacial score (nSPS) is 16.1. The zero-order valence-corrected chi connectivity index (χ0v) is 13.2. The van der Waals surface area contributed by atoms with Gasteiger partial charge in [-0.2, -0.15) is 11.3 Å². The lowest BCUT2D eigenvalue weighted by Gasteiger charge is -2.34. The van der Waals surface area contributed by atoms with Crippen molar-refractivity contribution in [2.24, 2.45) is 0 Å². The summed E-state index contributed by atoms with van der Waals surface area (Å²) in [7, 11) is 0. The number of hydrogen-bond acceptors (Lipinski definition) is 3. The van der Waals surface area contributed by atoms with Gasteiger partial charge in [0.25, 0.3) is 5.91 Å². The minimum atomic E-state index is 0.0378. The van der Waals surface area contributed by atoms with Gasteiger partial charge in [-0.1, -0.05) is 23.7 Å². The molecule has 0 bridgehead atoms. The van der Waals surface area contributed by atoms with Crippen LogP contribution in [0.5, 0.6) is 0 Å². The molecule has 0 unspecified atom stereocenters. The molecule has 1 saturated heterocycles. The Labute approximate surface area is 133 Å². The largest absolute Gasteiger partial charge is 0.336 e. The third-order valence-electron chi connectivity index (χ3n) is 3.75. The maximum Gasteiger partial charge on any atom is 0.255 e. The average Bonchev–Trinajstić information content (AvgIpc) is 3.01. The van der Waals surface area contributed by atoms with Crippen molar-refractivity contribution in [1.82, 2.24) is 9.80 Å². The third-order valence-corrected chi connectivity index (χ3v) is 4.81. The molecule has 2 heterocycles. The molecule has 0 spiro atoms. The molecule has 1 aliphatic heterocycles. The molecule has 3 rings (SSSR count). The minimum absolute atomic E-state index is 0.0378. The highest BCUT2D eigenvalue weighted by atomic mass is 35.5. The predicted molar refractivity (Wildman–Crippen MR) is 87.0 cm³/mol. The first-order valence-electron chi connectivity index (χ1n) is 7.01. The SMILES string of the molecule is O=C(c1ccccc1Cl)N1CCN(Cc2ccsc2)CC1. The Balaban J connectivity index is 1.58. The molecule has 0 N–H and O–H groups in total. The number of halogens is 1. The van der Waals surface area contributed by atoms with E-state index >= 15 is 0 Å². The third kappa shape index (κ3) is 3.46. The molecule has 0 atom stereocenters.